The summed E-state index contributed by atoms with van der Waals surface area (Å²) >= 11 is 2.20. The molecule has 0 atom stereocenters. The van der Waals surface area contributed by atoms with Gasteiger partial charge in [0.1, 0.15) is 0 Å². The lowest BCUT2D eigenvalue weighted by atomic mass is 10.3. The molecule has 2 rings (SSSR count). The Bertz CT molecular complexity index is 579. The first-order valence-corrected chi connectivity index (χ1v) is 7.10. The quantitative estimate of drug-likeness (QED) is 0.779. The van der Waals surface area contributed by atoms with E-state index in [9.17, 15) is 9.59 Å². The lowest BCUT2D eigenvalue weighted by Crippen LogP contribution is -2.27. The molecular weight excluding hydrogens is 371 g/mol. The van der Waals surface area contributed by atoms with Crippen LogP contribution in [0.4, 0.5) is 5.69 Å². The van der Waals surface area contributed by atoms with Gasteiger partial charge in [-0.05, 0) is 59.0 Å². The van der Waals surface area contributed by atoms with Gasteiger partial charge in [0, 0.05) is 22.2 Å². The molecular formula is C14H13IN2O3. The number of nitrogens with one attached hydrogen (secondary N) is 2. The molecule has 104 valence electrons. The van der Waals surface area contributed by atoms with Gasteiger partial charge in [-0.2, -0.15) is 0 Å². The van der Waals surface area contributed by atoms with Gasteiger partial charge in [-0.1, -0.05) is 0 Å². The number of amides is 2. The van der Waals surface area contributed by atoms with E-state index in [-0.39, 0.29) is 30.5 Å². The second-order valence-corrected chi connectivity index (χ2v) is 5.28. The number of benzene rings is 1. The third-order valence-corrected chi connectivity index (χ3v) is 3.23. The van der Waals surface area contributed by atoms with E-state index in [1.807, 2.05) is 24.3 Å². The van der Waals surface area contributed by atoms with E-state index in [1.165, 1.54) is 6.26 Å². The van der Waals surface area contributed by atoms with E-state index >= 15 is 0 Å². The molecule has 0 aliphatic heterocycles. The van der Waals surface area contributed by atoms with Crippen LogP contribution in [0.5, 0.6) is 0 Å². The van der Waals surface area contributed by atoms with Gasteiger partial charge in [0.2, 0.25) is 5.91 Å². The molecule has 5 nitrogen and oxygen atoms in total. The second kappa shape index (κ2) is 7.09. The molecule has 0 spiro atoms. The maximum Gasteiger partial charge on any atom is 0.286 e. The zero-order chi connectivity index (χ0) is 14.4. The topological polar surface area (TPSA) is 71.3 Å². The van der Waals surface area contributed by atoms with Crippen LogP contribution in [0, 0.1) is 3.57 Å². The molecule has 0 aliphatic rings. The normalized spacial score (nSPS) is 10.1. The first-order valence-electron chi connectivity index (χ1n) is 6.02. The molecule has 6 heteroatoms. The minimum absolute atomic E-state index is 0.147. The molecule has 1 heterocycles. The summed E-state index contributed by atoms with van der Waals surface area (Å²) in [5.74, 6) is -0.230. The van der Waals surface area contributed by atoms with Crippen LogP contribution >= 0.6 is 22.6 Å². The van der Waals surface area contributed by atoms with E-state index in [2.05, 4.69) is 33.2 Å². The Labute approximate surface area is 129 Å². The van der Waals surface area contributed by atoms with Gasteiger partial charge in [0.15, 0.2) is 5.76 Å². The van der Waals surface area contributed by atoms with Crippen LogP contribution in [0.3, 0.4) is 0 Å². The molecule has 0 saturated heterocycles. The standard InChI is InChI=1S/C14H13IN2O3/c15-10-3-5-11(6-4-10)17-13(18)7-8-16-14(19)12-2-1-9-20-12/h1-6,9H,7-8H2,(H,16,19)(H,17,18). The summed E-state index contributed by atoms with van der Waals surface area (Å²) in [5.41, 5.74) is 0.743. The maximum absolute atomic E-state index is 11.7. The highest BCUT2D eigenvalue weighted by atomic mass is 127. The third kappa shape index (κ3) is 4.37. The molecule has 0 unspecified atom stereocenters. The SMILES string of the molecule is O=C(CCNC(=O)c1ccco1)Nc1ccc(I)cc1. The molecule has 20 heavy (non-hydrogen) atoms. The summed E-state index contributed by atoms with van der Waals surface area (Å²) < 4.78 is 6.05. The molecule has 0 bridgehead atoms. The molecule has 2 N–H and O–H groups in total. The third-order valence-electron chi connectivity index (χ3n) is 2.51. The van der Waals surface area contributed by atoms with E-state index in [0.29, 0.717) is 0 Å². The van der Waals surface area contributed by atoms with Crippen LogP contribution in [-0.4, -0.2) is 18.4 Å². The average molecular weight is 384 g/mol. The van der Waals surface area contributed by atoms with Crippen molar-refractivity contribution in [3.63, 3.8) is 0 Å². The Morgan fingerprint density at radius 1 is 1.15 bits per heavy atom. The second-order valence-electron chi connectivity index (χ2n) is 4.04. The predicted molar refractivity (Wildman–Crippen MR) is 83.4 cm³/mol. The van der Waals surface area contributed by atoms with Gasteiger partial charge >= 0.3 is 0 Å². The predicted octanol–water partition coefficient (Wildman–Crippen LogP) is 2.64. The van der Waals surface area contributed by atoms with Crippen molar-refractivity contribution in [1.82, 2.24) is 5.32 Å². The summed E-state index contributed by atoms with van der Waals surface area (Å²) in [6.07, 6.45) is 1.64. The first kappa shape index (κ1) is 14.6. The fraction of sp³-hybridized carbons (Fsp3) is 0.143. The number of carbonyl (C=O) groups excluding carboxylic acids is 2. The highest BCUT2D eigenvalue weighted by Crippen LogP contribution is 2.11. The highest BCUT2D eigenvalue weighted by Gasteiger charge is 2.08. The zero-order valence-electron chi connectivity index (χ0n) is 10.6. The largest absolute Gasteiger partial charge is 0.459 e. The Morgan fingerprint density at radius 2 is 1.90 bits per heavy atom. The van der Waals surface area contributed by atoms with Crippen molar-refractivity contribution in [1.29, 1.82) is 0 Å². The summed E-state index contributed by atoms with van der Waals surface area (Å²) in [5, 5.41) is 5.38. The highest BCUT2D eigenvalue weighted by molar-refractivity contribution is 14.1. The van der Waals surface area contributed by atoms with E-state index in [1.54, 1.807) is 12.1 Å². The summed E-state index contributed by atoms with van der Waals surface area (Å²) in [6, 6.07) is 10.7. The zero-order valence-corrected chi connectivity index (χ0v) is 12.7. The minimum Gasteiger partial charge on any atom is -0.459 e. The van der Waals surface area contributed by atoms with Crippen molar-refractivity contribution in [3.05, 3.63) is 52.0 Å². The lowest BCUT2D eigenvalue weighted by Gasteiger charge is -2.06. The van der Waals surface area contributed by atoms with Crippen molar-refractivity contribution < 1.29 is 14.0 Å². The number of hydrogen-bond donors (Lipinski definition) is 2. The van der Waals surface area contributed by atoms with Crippen molar-refractivity contribution >= 4 is 40.1 Å². The van der Waals surface area contributed by atoms with Gasteiger partial charge < -0.3 is 15.1 Å². The maximum atomic E-state index is 11.7. The van der Waals surface area contributed by atoms with Gasteiger partial charge in [-0.3, -0.25) is 9.59 Å². The fourth-order valence-electron chi connectivity index (χ4n) is 1.54. The lowest BCUT2D eigenvalue weighted by molar-refractivity contribution is -0.116. The van der Waals surface area contributed by atoms with Gasteiger partial charge in [0.05, 0.1) is 6.26 Å². The Kier molecular flexibility index (Phi) is 5.16. The van der Waals surface area contributed by atoms with Gasteiger partial charge in [-0.15, -0.1) is 0 Å². The molecule has 1 aromatic heterocycles. The molecule has 2 amide bonds. The number of anilines is 1. The Balaban J connectivity index is 1.73. The number of carbonyl (C=O) groups is 2. The molecule has 0 radical (unpaired) electrons. The fourth-order valence-corrected chi connectivity index (χ4v) is 1.90. The molecule has 0 aliphatic carbocycles. The van der Waals surface area contributed by atoms with Gasteiger partial charge in [0.25, 0.3) is 5.91 Å². The summed E-state index contributed by atoms with van der Waals surface area (Å²) in [6.45, 7) is 0.260. The molecule has 1 aromatic carbocycles. The van der Waals surface area contributed by atoms with Crippen molar-refractivity contribution in [2.24, 2.45) is 0 Å². The van der Waals surface area contributed by atoms with E-state index in [0.717, 1.165) is 9.26 Å². The first-order chi connectivity index (χ1) is 9.65. The monoisotopic (exact) mass is 384 g/mol. The number of furan rings is 1. The van der Waals surface area contributed by atoms with Crippen molar-refractivity contribution in [3.8, 4) is 0 Å². The van der Waals surface area contributed by atoms with E-state index < -0.39 is 0 Å². The average Bonchev–Trinajstić information content (AvgIpc) is 2.95. The Morgan fingerprint density at radius 3 is 2.55 bits per heavy atom. The molecule has 0 fully saturated rings. The van der Waals surface area contributed by atoms with Crippen molar-refractivity contribution in [2.75, 3.05) is 11.9 Å². The summed E-state index contributed by atoms with van der Waals surface area (Å²) in [4.78, 5) is 23.2. The van der Waals surface area contributed by atoms with Crippen LogP contribution in [0.25, 0.3) is 0 Å². The van der Waals surface area contributed by atoms with Crippen LogP contribution < -0.4 is 10.6 Å². The van der Waals surface area contributed by atoms with Crippen LogP contribution in [0.1, 0.15) is 17.0 Å². The van der Waals surface area contributed by atoms with Crippen LogP contribution in [0.2, 0.25) is 0 Å². The van der Waals surface area contributed by atoms with Gasteiger partial charge in [-0.25, -0.2) is 0 Å². The smallest absolute Gasteiger partial charge is 0.286 e. The molecule has 2 aromatic rings. The Hall–Kier alpha value is -1.83. The number of halogens is 1. The minimum atomic E-state index is -0.322. The molecule has 0 saturated carbocycles. The number of hydrogen-bond acceptors (Lipinski definition) is 3. The van der Waals surface area contributed by atoms with Crippen LogP contribution in [0.15, 0.2) is 47.1 Å². The van der Waals surface area contributed by atoms with E-state index in [4.69, 9.17) is 4.42 Å². The number of rotatable bonds is 5. The van der Waals surface area contributed by atoms with Crippen LogP contribution in [-0.2, 0) is 4.79 Å². The van der Waals surface area contributed by atoms with Crippen molar-refractivity contribution in [2.45, 2.75) is 6.42 Å². The summed E-state index contributed by atoms with van der Waals surface area (Å²) in [7, 11) is 0.